The van der Waals surface area contributed by atoms with E-state index in [1.807, 2.05) is 90.4 Å². The van der Waals surface area contributed by atoms with Crippen molar-refractivity contribution in [2.75, 3.05) is 24.3 Å². The summed E-state index contributed by atoms with van der Waals surface area (Å²) in [7, 11) is 1.63. The molecule has 0 aliphatic rings. The molecule has 3 aromatic carbocycles. The summed E-state index contributed by atoms with van der Waals surface area (Å²) >= 11 is 7.81. The number of carbonyl (C=O) groups is 1. The van der Waals surface area contributed by atoms with Crippen molar-refractivity contribution in [3.63, 3.8) is 0 Å². The Balaban J connectivity index is 1.66. The molecule has 0 atom stereocenters. The maximum atomic E-state index is 13.0. The highest BCUT2D eigenvalue weighted by molar-refractivity contribution is 7.99. The minimum absolute atomic E-state index is 0.00252. The zero-order chi connectivity index (χ0) is 23.2. The van der Waals surface area contributed by atoms with E-state index in [0.29, 0.717) is 22.5 Å². The first-order chi connectivity index (χ1) is 16.1. The summed E-state index contributed by atoms with van der Waals surface area (Å²) in [5.74, 6) is 1.57. The van der Waals surface area contributed by atoms with Gasteiger partial charge in [-0.05, 0) is 55.5 Å². The van der Waals surface area contributed by atoms with Crippen molar-refractivity contribution in [3.05, 3.63) is 83.9 Å². The summed E-state index contributed by atoms with van der Waals surface area (Å²) in [5, 5.41) is 10.00. The van der Waals surface area contributed by atoms with Crippen molar-refractivity contribution < 1.29 is 9.53 Å². The van der Waals surface area contributed by atoms with Crippen LogP contribution in [-0.2, 0) is 4.79 Å². The number of benzene rings is 3. The van der Waals surface area contributed by atoms with Crippen LogP contribution in [0.4, 0.5) is 5.69 Å². The number of halogens is 1. The van der Waals surface area contributed by atoms with Crippen molar-refractivity contribution >= 4 is 35.0 Å². The minimum Gasteiger partial charge on any atom is -0.497 e. The molecule has 0 radical (unpaired) electrons. The molecule has 0 N–H and O–H groups in total. The molecule has 0 spiro atoms. The van der Waals surface area contributed by atoms with Gasteiger partial charge in [0.15, 0.2) is 11.0 Å². The van der Waals surface area contributed by atoms with Gasteiger partial charge in [-0.2, -0.15) is 0 Å². The number of carbonyl (C=O) groups excluding carboxylic acids is 1. The molecule has 1 heterocycles. The van der Waals surface area contributed by atoms with Crippen molar-refractivity contribution in [3.8, 4) is 22.8 Å². The van der Waals surface area contributed by atoms with Crippen LogP contribution >= 0.6 is 23.4 Å². The molecule has 0 fully saturated rings. The molecule has 0 aliphatic carbocycles. The number of hydrogen-bond donors (Lipinski definition) is 0. The van der Waals surface area contributed by atoms with E-state index in [1.54, 1.807) is 12.0 Å². The summed E-state index contributed by atoms with van der Waals surface area (Å²) in [4.78, 5) is 14.8. The van der Waals surface area contributed by atoms with Crippen molar-refractivity contribution in [1.82, 2.24) is 14.8 Å². The third kappa shape index (κ3) is 5.05. The number of ether oxygens (including phenoxy) is 1. The Morgan fingerprint density at radius 1 is 1.00 bits per heavy atom. The van der Waals surface area contributed by atoms with Gasteiger partial charge in [-0.1, -0.05) is 53.7 Å². The SMILES string of the molecule is CCN(C(=O)CSc1nnc(-c2ccccc2Cl)n1-c1ccc(OC)cc1)c1ccccc1. The number of aromatic nitrogens is 3. The van der Waals surface area contributed by atoms with E-state index in [9.17, 15) is 4.79 Å². The molecule has 0 saturated carbocycles. The zero-order valence-electron chi connectivity index (χ0n) is 18.3. The second-order valence-electron chi connectivity index (χ2n) is 7.08. The van der Waals surface area contributed by atoms with Crippen LogP contribution in [0.5, 0.6) is 5.75 Å². The van der Waals surface area contributed by atoms with E-state index in [-0.39, 0.29) is 11.7 Å². The summed E-state index contributed by atoms with van der Waals surface area (Å²) in [6.45, 7) is 2.55. The highest BCUT2D eigenvalue weighted by atomic mass is 35.5. The molecule has 33 heavy (non-hydrogen) atoms. The van der Waals surface area contributed by atoms with Gasteiger partial charge in [-0.25, -0.2) is 0 Å². The number of nitrogens with zero attached hydrogens (tertiary/aromatic N) is 4. The van der Waals surface area contributed by atoms with Gasteiger partial charge in [0.2, 0.25) is 5.91 Å². The standard InChI is InChI=1S/C25H23ClN4O2S/c1-3-29(18-9-5-4-6-10-18)23(31)17-33-25-28-27-24(21-11-7-8-12-22(21)26)30(25)19-13-15-20(32-2)16-14-19/h4-16H,3,17H2,1-2H3. The Labute approximate surface area is 202 Å². The first kappa shape index (κ1) is 22.9. The average Bonchev–Trinajstić information content (AvgIpc) is 3.28. The Morgan fingerprint density at radius 2 is 1.70 bits per heavy atom. The molecular formula is C25H23ClN4O2S. The van der Waals surface area contributed by atoms with Crippen LogP contribution in [0.15, 0.2) is 84.0 Å². The number of anilines is 1. The van der Waals surface area contributed by atoms with Crippen molar-refractivity contribution in [1.29, 1.82) is 0 Å². The van der Waals surface area contributed by atoms with Crippen LogP contribution in [0, 0.1) is 0 Å². The van der Waals surface area contributed by atoms with Crippen LogP contribution in [0.25, 0.3) is 17.1 Å². The van der Waals surface area contributed by atoms with Gasteiger partial charge in [0.25, 0.3) is 0 Å². The monoisotopic (exact) mass is 478 g/mol. The van der Waals surface area contributed by atoms with E-state index in [0.717, 1.165) is 22.7 Å². The van der Waals surface area contributed by atoms with Crippen LogP contribution in [0.1, 0.15) is 6.92 Å². The Kier molecular flexibility index (Phi) is 7.32. The van der Waals surface area contributed by atoms with Gasteiger partial charge in [0.05, 0.1) is 17.9 Å². The smallest absolute Gasteiger partial charge is 0.237 e. The van der Waals surface area contributed by atoms with E-state index in [2.05, 4.69) is 10.2 Å². The van der Waals surface area contributed by atoms with Crippen LogP contribution in [-0.4, -0.2) is 40.1 Å². The molecular weight excluding hydrogens is 456 g/mol. The maximum absolute atomic E-state index is 13.0. The lowest BCUT2D eigenvalue weighted by Gasteiger charge is -2.20. The topological polar surface area (TPSA) is 60.2 Å². The largest absolute Gasteiger partial charge is 0.497 e. The van der Waals surface area contributed by atoms with Gasteiger partial charge in [-0.15, -0.1) is 10.2 Å². The minimum atomic E-state index is -0.00252. The Morgan fingerprint density at radius 3 is 2.36 bits per heavy atom. The van der Waals surface area contributed by atoms with Gasteiger partial charge < -0.3 is 9.64 Å². The van der Waals surface area contributed by atoms with E-state index >= 15 is 0 Å². The molecule has 6 nitrogen and oxygen atoms in total. The molecule has 4 aromatic rings. The number of rotatable bonds is 8. The average molecular weight is 479 g/mol. The summed E-state index contributed by atoms with van der Waals surface area (Å²) in [6, 6.07) is 24.8. The van der Waals surface area contributed by atoms with Gasteiger partial charge >= 0.3 is 0 Å². The Hall–Kier alpha value is -3.29. The summed E-state index contributed by atoms with van der Waals surface area (Å²) in [6.07, 6.45) is 0. The van der Waals surface area contributed by atoms with Crippen molar-refractivity contribution in [2.45, 2.75) is 12.1 Å². The lowest BCUT2D eigenvalue weighted by atomic mass is 10.2. The van der Waals surface area contributed by atoms with Crippen LogP contribution in [0.2, 0.25) is 5.02 Å². The number of hydrogen-bond acceptors (Lipinski definition) is 5. The number of para-hydroxylation sites is 1. The van der Waals surface area contributed by atoms with Gasteiger partial charge in [0.1, 0.15) is 5.75 Å². The zero-order valence-corrected chi connectivity index (χ0v) is 19.9. The van der Waals surface area contributed by atoms with Crippen LogP contribution < -0.4 is 9.64 Å². The quantitative estimate of drug-likeness (QED) is 0.302. The molecule has 168 valence electrons. The fourth-order valence-corrected chi connectivity index (χ4v) is 4.51. The maximum Gasteiger partial charge on any atom is 0.237 e. The first-order valence-electron chi connectivity index (χ1n) is 10.4. The van der Waals surface area contributed by atoms with Crippen molar-refractivity contribution in [2.24, 2.45) is 0 Å². The molecule has 1 amide bonds. The predicted octanol–water partition coefficient (Wildman–Crippen LogP) is 5.74. The number of methoxy groups -OCH3 is 1. The van der Waals surface area contributed by atoms with E-state index in [4.69, 9.17) is 16.3 Å². The fraction of sp³-hybridized carbons (Fsp3) is 0.160. The molecule has 0 unspecified atom stereocenters. The lowest BCUT2D eigenvalue weighted by Crippen LogP contribution is -2.32. The second kappa shape index (κ2) is 10.6. The second-order valence-corrected chi connectivity index (χ2v) is 8.43. The highest BCUT2D eigenvalue weighted by Crippen LogP contribution is 2.32. The van der Waals surface area contributed by atoms with Crippen LogP contribution in [0.3, 0.4) is 0 Å². The first-order valence-corrected chi connectivity index (χ1v) is 11.8. The van der Waals surface area contributed by atoms with E-state index < -0.39 is 0 Å². The number of thioether (sulfide) groups is 1. The molecule has 0 bridgehead atoms. The number of amides is 1. The van der Waals surface area contributed by atoms with Gasteiger partial charge in [-0.3, -0.25) is 9.36 Å². The summed E-state index contributed by atoms with van der Waals surface area (Å²) < 4.78 is 7.21. The van der Waals surface area contributed by atoms with Gasteiger partial charge in [0, 0.05) is 23.5 Å². The molecule has 8 heteroatoms. The molecule has 4 rings (SSSR count). The normalized spacial score (nSPS) is 10.8. The lowest BCUT2D eigenvalue weighted by molar-refractivity contribution is -0.116. The predicted molar refractivity (Wildman–Crippen MR) is 134 cm³/mol. The molecule has 1 aromatic heterocycles. The Bertz CT molecular complexity index is 1230. The highest BCUT2D eigenvalue weighted by Gasteiger charge is 2.21. The molecule has 0 saturated heterocycles. The van der Waals surface area contributed by atoms with E-state index in [1.165, 1.54) is 11.8 Å². The summed E-state index contributed by atoms with van der Waals surface area (Å²) in [5.41, 5.74) is 2.49. The third-order valence-corrected chi connectivity index (χ3v) is 6.33. The fourth-order valence-electron chi connectivity index (χ4n) is 3.46. The molecule has 0 aliphatic heterocycles. The third-order valence-electron chi connectivity index (χ3n) is 5.09.